The maximum Gasteiger partial charge on any atom is 0.138 e. The topological polar surface area (TPSA) is 34.1 Å². The van der Waals surface area contributed by atoms with Gasteiger partial charge in [0.2, 0.25) is 0 Å². The molecule has 0 aliphatic heterocycles. The number of Topliss-reactive ketones (excluding diaryl/α,β-unsaturated/α-hetero) is 1. The van der Waals surface area contributed by atoms with Crippen molar-refractivity contribution in [2.45, 2.75) is 120 Å². The average Bonchev–Trinajstić information content (AvgIpc) is 3.12. The van der Waals surface area contributed by atoms with Crippen LogP contribution in [-0.4, -0.2) is 12.1 Å². The summed E-state index contributed by atoms with van der Waals surface area (Å²) in [5, 5.41) is 0. The average molecular weight is 455 g/mol. The van der Waals surface area contributed by atoms with Crippen LogP contribution in [0.1, 0.15) is 120 Å². The van der Waals surface area contributed by atoms with Gasteiger partial charge in [-0.2, -0.15) is 0 Å². The van der Waals surface area contributed by atoms with Crippen molar-refractivity contribution in [2.24, 2.45) is 62.1 Å². The zero-order chi connectivity index (χ0) is 24.2. The number of aldehydes is 1. The molecule has 0 amide bonds. The molecule has 0 N–H and O–H groups in total. The summed E-state index contributed by atoms with van der Waals surface area (Å²) in [6.07, 6.45) is 13.0. The van der Waals surface area contributed by atoms with Gasteiger partial charge in [0.05, 0.1) is 0 Å². The second-order valence-corrected chi connectivity index (χ2v) is 15.7. The second kappa shape index (κ2) is 6.97. The number of hydrogen-bond acceptors (Lipinski definition) is 2. The van der Waals surface area contributed by atoms with E-state index in [0.717, 1.165) is 25.7 Å². The molecule has 2 unspecified atom stereocenters. The van der Waals surface area contributed by atoms with E-state index in [1.807, 2.05) is 0 Å². The van der Waals surface area contributed by atoms with Crippen LogP contribution in [0.25, 0.3) is 0 Å². The first-order valence-corrected chi connectivity index (χ1v) is 14.2. The highest BCUT2D eigenvalue weighted by Crippen LogP contribution is 2.77. The fourth-order valence-corrected chi connectivity index (χ4v) is 11.6. The van der Waals surface area contributed by atoms with Crippen molar-refractivity contribution in [1.82, 2.24) is 0 Å². The van der Waals surface area contributed by atoms with Gasteiger partial charge in [-0.1, -0.05) is 55.4 Å². The summed E-state index contributed by atoms with van der Waals surface area (Å²) in [5.74, 6) is 3.61. The molecular weight excluding hydrogens is 404 g/mol. The molecule has 0 aromatic heterocycles. The third kappa shape index (κ3) is 2.85. The molecule has 0 aromatic carbocycles. The Morgan fingerprint density at radius 3 is 2.12 bits per heavy atom. The van der Waals surface area contributed by atoms with E-state index in [-0.39, 0.29) is 21.7 Å². The number of carbonyl (C=O) groups excluding carboxylic acids is 2. The molecule has 2 heteroatoms. The Bertz CT molecular complexity index is 849. The number of hydrogen-bond donors (Lipinski definition) is 0. The van der Waals surface area contributed by atoms with Crippen LogP contribution in [0.4, 0.5) is 0 Å². The maximum absolute atomic E-state index is 12.9. The molecule has 5 saturated carbocycles. The molecule has 0 aromatic rings. The monoisotopic (exact) mass is 454 g/mol. The van der Waals surface area contributed by atoms with Gasteiger partial charge in [0.15, 0.2) is 0 Å². The molecule has 0 bridgehead atoms. The van der Waals surface area contributed by atoms with Crippen LogP contribution in [0.15, 0.2) is 0 Å². The lowest BCUT2D eigenvalue weighted by Crippen LogP contribution is -2.66. The largest absolute Gasteiger partial charge is 0.303 e. The van der Waals surface area contributed by atoms with Crippen molar-refractivity contribution in [2.75, 3.05) is 0 Å². The number of carbonyl (C=O) groups is 2. The molecular formula is C31H50O2. The molecule has 0 radical (unpaired) electrons. The van der Waals surface area contributed by atoms with Gasteiger partial charge in [0, 0.05) is 17.3 Å². The predicted molar refractivity (Wildman–Crippen MR) is 135 cm³/mol. The maximum atomic E-state index is 12.9. The van der Waals surface area contributed by atoms with Gasteiger partial charge in [-0.25, -0.2) is 0 Å². The van der Waals surface area contributed by atoms with Crippen LogP contribution in [0.3, 0.4) is 0 Å². The van der Waals surface area contributed by atoms with Crippen LogP contribution < -0.4 is 0 Å². The predicted octanol–water partition coefficient (Wildman–Crippen LogP) is 7.88. The molecule has 2 nitrogen and oxygen atoms in total. The van der Waals surface area contributed by atoms with Gasteiger partial charge in [-0.15, -0.1) is 0 Å². The molecule has 186 valence electrons. The van der Waals surface area contributed by atoms with Gasteiger partial charge in [-0.3, -0.25) is 4.79 Å². The van der Waals surface area contributed by atoms with E-state index in [1.54, 1.807) is 0 Å². The first-order valence-electron chi connectivity index (χ1n) is 14.2. The van der Waals surface area contributed by atoms with E-state index in [4.69, 9.17) is 0 Å². The van der Waals surface area contributed by atoms with E-state index >= 15 is 0 Å². The lowest BCUT2D eigenvalue weighted by atomic mass is 9.32. The number of ketones is 1. The summed E-state index contributed by atoms with van der Waals surface area (Å²) in [6, 6.07) is 0. The Morgan fingerprint density at radius 1 is 0.788 bits per heavy atom. The van der Waals surface area contributed by atoms with Crippen molar-refractivity contribution < 1.29 is 9.59 Å². The van der Waals surface area contributed by atoms with E-state index in [0.29, 0.717) is 46.2 Å². The minimum Gasteiger partial charge on any atom is -0.303 e. The molecule has 33 heavy (non-hydrogen) atoms. The van der Waals surface area contributed by atoms with Gasteiger partial charge in [0.25, 0.3) is 0 Å². The molecule has 0 heterocycles. The zero-order valence-electron chi connectivity index (χ0n) is 22.9. The highest BCUT2D eigenvalue weighted by Gasteiger charge is 2.71. The van der Waals surface area contributed by atoms with E-state index in [2.05, 4.69) is 55.4 Å². The van der Waals surface area contributed by atoms with E-state index in [9.17, 15) is 9.59 Å². The fourth-order valence-electron chi connectivity index (χ4n) is 11.6. The van der Waals surface area contributed by atoms with Crippen molar-refractivity contribution in [1.29, 1.82) is 0 Å². The Labute approximate surface area is 203 Å². The second-order valence-electron chi connectivity index (χ2n) is 15.7. The molecule has 0 saturated heterocycles. The molecule has 9 atom stereocenters. The Hall–Kier alpha value is -0.660. The smallest absolute Gasteiger partial charge is 0.138 e. The summed E-state index contributed by atoms with van der Waals surface area (Å²) in [5.41, 5.74) is 0.928. The summed E-state index contributed by atoms with van der Waals surface area (Å²) >= 11 is 0. The van der Waals surface area contributed by atoms with Gasteiger partial charge < -0.3 is 4.79 Å². The van der Waals surface area contributed by atoms with Crippen molar-refractivity contribution >= 4 is 12.1 Å². The lowest BCUT2D eigenvalue weighted by Gasteiger charge is -2.72. The lowest BCUT2D eigenvalue weighted by molar-refractivity contribution is -0.234. The fraction of sp³-hybridized carbons (Fsp3) is 0.935. The van der Waals surface area contributed by atoms with Crippen LogP contribution >= 0.6 is 0 Å². The van der Waals surface area contributed by atoms with Crippen molar-refractivity contribution in [3.63, 3.8) is 0 Å². The molecule has 5 aliphatic carbocycles. The van der Waals surface area contributed by atoms with Crippen LogP contribution in [0.2, 0.25) is 0 Å². The van der Waals surface area contributed by atoms with Crippen LogP contribution in [0, 0.1) is 62.1 Å². The summed E-state index contributed by atoms with van der Waals surface area (Å²) in [4.78, 5) is 25.6. The summed E-state index contributed by atoms with van der Waals surface area (Å²) in [6.45, 7) is 19.6. The van der Waals surface area contributed by atoms with Gasteiger partial charge in [-0.05, 0) is 109 Å². The van der Waals surface area contributed by atoms with E-state index < -0.39 is 0 Å². The first-order chi connectivity index (χ1) is 15.2. The van der Waals surface area contributed by atoms with Gasteiger partial charge in [0.1, 0.15) is 12.1 Å². The van der Waals surface area contributed by atoms with Gasteiger partial charge >= 0.3 is 0 Å². The highest BCUT2D eigenvalue weighted by molar-refractivity contribution is 5.85. The quantitative estimate of drug-likeness (QED) is 0.378. The Kier molecular flexibility index (Phi) is 5.08. The summed E-state index contributed by atoms with van der Waals surface area (Å²) < 4.78 is 0. The number of fused-ring (bicyclic) bond motifs is 7. The van der Waals surface area contributed by atoms with Crippen molar-refractivity contribution in [3.05, 3.63) is 0 Å². The number of rotatable bonds is 1. The molecule has 0 spiro atoms. The normalized spacial score (nSPS) is 53.5. The summed E-state index contributed by atoms with van der Waals surface area (Å²) in [7, 11) is 0. The minimum atomic E-state index is -0.173. The Morgan fingerprint density at radius 2 is 1.48 bits per heavy atom. The zero-order valence-corrected chi connectivity index (χ0v) is 22.9. The minimum absolute atomic E-state index is 0.0638. The first kappa shape index (κ1) is 24.1. The van der Waals surface area contributed by atoms with E-state index in [1.165, 1.54) is 44.8 Å². The SMILES string of the molecule is CC(C)(C)[C@H]1CCC2(C=O)CC[C@]3(C)[C@H](CC[C@@H]4[C@@]5(C)CCC(=O)C(C)(C)[C@@H]5CC[C@]43C)C12. The van der Waals surface area contributed by atoms with Crippen LogP contribution in [-0.2, 0) is 9.59 Å². The highest BCUT2D eigenvalue weighted by atomic mass is 16.1. The Balaban J connectivity index is 1.56. The third-order valence-corrected chi connectivity index (χ3v) is 13.6. The standard InChI is InChI=1S/C31H50O2/c1-26(2,3)20-11-16-31(19-32)18-17-29(7)21(25(20)31)9-10-23-28(6)14-13-24(33)27(4,5)22(28)12-15-30(23,29)8/h19-23,25H,9-18H2,1-8H3/t20-,21+,22-,23+,25?,28-,29+,30+,31?/m0/s1. The van der Waals surface area contributed by atoms with Crippen LogP contribution in [0.5, 0.6) is 0 Å². The van der Waals surface area contributed by atoms with Crippen molar-refractivity contribution in [3.8, 4) is 0 Å². The molecule has 5 fully saturated rings. The molecule has 5 aliphatic rings. The molecule has 5 rings (SSSR count). The third-order valence-electron chi connectivity index (χ3n) is 13.6.